The molecule has 0 amide bonds. The largest absolute Gasteiger partial charge is 0.341 e. The van der Waals surface area contributed by atoms with Crippen LogP contribution in [0.5, 0.6) is 0 Å². The van der Waals surface area contributed by atoms with Gasteiger partial charge in [-0.05, 0) is 42.6 Å². The molecule has 20 heavy (non-hydrogen) atoms. The van der Waals surface area contributed by atoms with Crippen LogP contribution in [0.25, 0.3) is 11.4 Å². The summed E-state index contributed by atoms with van der Waals surface area (Å²) in [4.78, 5) is 14.9. The molecule has 1 aromatic carbocycles. The van der Waals surface area contributed by atoms with Gasteiger partial charge in [-0.3, -0.25) is 0 Å². The highest BCUT2D eigenvalue weighted by Crippen LogP contribution is 2.30. The van der Waals surface area contributed by atoms with Crippen molar-refractivity contribution in [1.29, 1.82) is 0 Å². The highest BCUT2D eigenvalue weighted by molar-refractivity contribution is 6.35. The smallest absolute Gasteiger partial charge is 0.230 e. The van der Waals surface area contributed by atoms with Crippen molar-refractivity contribution in [3.63, 3.8) is 0 Å². The Labute approximate surface area is 131 Å². The standard InChI is InChI=1S/C13H11Cl3N4/c14-8-3-4-10(15)9(7-8)11-17-12(16)19-13(18-11)20-5-1-2-6-20/h3-4,7H,1-2,5-6H2. The summed E-state index contributed by atoms with van der Waals surface area (Å²) in [5.41, 5.74) is 0.656. The molecule has 0 bridgehead atoms. The molecule has 0 aliphatic carbocycles. The van der Waals surface area contributed by atoms with Crippen molar-refractivity contribution >= 4 is 40.8 Å². The quantitative estimate of drug-likeness (QED) is 0.832. The number of nitrogens with zero attached hydrogens (tertiary/aromatic N) is 4. The Morgan fingerprint density at radius 1 is 0.950 bits per heavy atom. The van der Waals surface area contributed by atoms with Crippen molar-refractivity contribution in [2.75, 3.05) is 18.0 Å². The number of benzene rings is 1. The highest BCUT2D eigenvalue weighted by Gasteiger charge is 2.18. The van der Waals surface area contributed by atoms with E-state index >= 15 is 0 Å². The van der Waals surface area contributed by atoms with E-state index in [4.69, 9.17) is 34.8 Å². The van der Waals surface area contributed by atoms with Crippen LogP contribution in [0.3, 0.4) is 0 Å². The van der Waals surface area contributed by atoms with E-state index in [1.807, 2.05) is 0 Å². The lowest BCUT2D eigenvalue weighted by Crippen LogP contribution is -2.21. The van der Waals surface area contributed by atoms with E-state index in [0.717, 1.165) is 25.9 Å². The Kier molecular flexibility index (Phi) is 3.96. The summed E-state index contributed by atoms with van der Waals surface area (Å²) in [6.45, 7) is 1.87. The monoisotopic (exact) mass is 328 g/mol. The molecule has 2 heterocycles. The second kappa shape index (κ2) is 5.72. The molecule has 0 N–H and O–H groups in total. The minimum atomic E-state index is 0.160. The molecule has 0 atom stereocenters. The van der Waals surface area contributed by atoms with Crippen LogP contribution in [0.4, 0.5) is 5.95 Å². The molecule has 1 aliphatic rings. The molecule has 0 spiro atoms. The number of halogens is 3. The van der Waals surface area contributed by atoms with Gasteiger partial charge in [-0.1, -0.05) is 23.2 Å². The molecule has 3 rings (SSSR count). The lowest BCUT2D eigenvalue weighted by atomic mass is 10.2. The van der Waals surface area contributed by atoms with Crippen molar-refractivity contribution in [3.8, 4) is 11.4 Å². The predicted molar refractivity (Wildman–Crippen MR) is 81.7 cm³/mol. The fraction of sp³-hybridized carbons (Fsp3) is 0.308. The fourth-order valence-electron chi connectivity index (χ4n) is 2.19. The normalized spacial score (nSPS) is 14.8. The molecule has 0 radical (unpaired) electrons. The van der Waals surface area contributed by atoms with Crippen molar-refractivity contribution in [1.82, 2.24) is 15.0 Å². The maximum atomic E-state index is 6.18. The van der Waals surface area contributed by atoms with Gasteiger partial charge in [0.25, 0.3) is 0 Å². The molecule has 104 valence electrons. The maximum absolute atomic E-state index is 6.18. The van der Waals surface area contributed by atoms with Gasteiger partial charge in [-0.25, -0.2) is 0 Å². The third kappa shape index (κ3) is 2.82. The van der Waals surface area contributed by atoms with Gasteiger partial charge in [-0.2, -0.15) is 15.0 Å². The molecule has 1 fully saturated rings. The van der Waals surface area contributed by atoms with Gasteiger partial charge in [0, 0.05) is 23.7 Å². The summed E-state index contributed by atoms with van der Waals surface area (Å²) in [5.74, 6) is 1.04. The third-order valence-corrected chi connectivity index (χ3v) is 3.89. The predicted octanol–water partition coefficient (Wildman–Crippen LogP) is 4.10. The SMILES string of the molecule is Clc1ccc(Cl)c(-c2nc(Cl)nc(N3CCCC3)n2)c1. The number of rotatable bonds is 2. The highest BCUT2D eigenvalue weighted by atomic mass is 35.5. The molecule has 2 aromatic rings. The van der Waals surface area contributed by atoms with E-state index in [9.17, 15) is 0 Å². The number of hydrogen-bond donors (Lipinski definition) is 0. The average Bonchev–Trinajstić information content (AvgIpc) is 2.95. The van der Waals surface area contributed by atoms with Crippen LogP contribution in [0, 0.1) is 0 Å². The topological polar surface area (TPSA) is 41.9 Å². The number of anilines is 1. The summed E-state index contributed by atoms with van der Waals surface area (Å²) in [7, 11) is 0. The molecule has 1 aromatic heterocycles. The van der Waals surface area contributed by atoms with Gasteiger partial charge in [0.15, 0.2) is 5.82 Å². The van der Waals surface area contributed by atoms with Crippen LogP contribution in [0.2, 0.25) is 15.3 Å². The first-order valence-electron chi connectivity index (χ1n) is 6.25. The Morgan fingerprint density at radius 2 is 1.70 bits per heavy atom. The minimum absolute atomic E-state index is 0.160. The summed E-state index contributed by atoms with van der Waals surface area (Å²) in [6, 6.07) is 5.16. The van der Waals surface area contributed by atoms with Gasteiger partial charge in [-0.15, -0.1) is 0 Å². The number of aromatic nitrogens is 3. The second-order valence-corrected chi connectivity index (χ2v) is 5.73. The van der Waals surface area contributed by atoms with E-state index in [2.05, 4.69) is 19.9 Å². The van der Waals surface area contributed by atoms with Gasteiger partial charge in [0.1, 0.15) is 0 Å². The van der Waals surface area contributed by atoms with E-state index in [-0.39, 0.29) is 5.28 Å². The minimum Gasteiger partial charge on any atom is -0.341 e. The molecule has 4 nitrogen and oxygen atoms in total. The van der Waals surface area contributed by atoms with E-state index in [0.29, 0.717) is 27.4 Å². The first-order chi connectivity index (χ1) is 9.63. The zero-order chi connectivity index (χ0) is 14.1. The second-order valence-electron chi connectivity index (χ2n) is 4.55. The lowest BCUT2D eigenvalue weighted by molar-refractivity contribution is 0.883. The van der Waals surface area contributed by atoms with Crippen LogP contribution < -0.4 is 4.90 Å². The van der Waals surface area contributed by atoms with Crippen molar-refractivity contribution in [2.45, 2.75) is 12.8 Å². The van der Waals surface area contributed by atoms with Crippen LogP contribution in [-0.4, -0.2) is 28.0 Å². The van der Waals surface area contributed by atoms with Gasteiger partial charge in [0.05, 0.1) is 5.02 Å². The van der Waals surface area contributed by atoms with Gasteiger partial charge >= 0.3 is 0 Å². The molecular weight excluding hydrogens is 319 g/mol. The summed E-state index contributed by atoms with van der Waals surface area (Å²) < 4.78 is 0. The Morgan fingerprint density at radius 3 is 2.45 bits per heavy atom. The first-order valence-corrected chi connectivity index (χ1v) is 7.39. The van der Waals surface area contributed by atoms with Gasteiger partial charge in [0.2, 0.25) is 11.2 Å². The number of hydrogen-bond acceptors (Lipinski definition) is 4. The first kappa shape index (κ1) is 13.9. The summed E-state index contributed by atoms with van der Waals surface area (Å²) in [6.07, 6.45) is 2.27. The molecular formula is C13H11Cl3N4. The van der Waals surface area contributed by atoms with Crippen molar-refractivity contribution < 1.29 is 0 Å². The van der Waals surface area contributed by atoms with Crippen LogP contribution in [0.15, 0.2) is 18.2 Å². The van der Waals surface area contributed by atoms with Crippen molar-refractivity contribution in [3.05, 3.63) is 33.5 Å². The van der Waals surface area contributed by atoms with E-state index < -0.39 is 0 Å². The Balaban J connectivity index is 2.06. The molecule has 1 aliphatic heterocycles. The maximum Gasteiger partial charge on any atom is 0.230 e. The van der Waals surface area contributed by atoms with Crippen LogP contribution in [-0.2, 0) is 0 Å². The molecule has 0 unspecified atom stereocenters. The summed E-state index contributed by atoms with van der Waals surface area (Å²) >= 11 is 18.2. The van der Waals surface area contributed by atoms with Gasteiger partial charge < -0.3 is 4.90 Å². The average molecular weight is 330 g/mol. The Bertz CT molecular complexity index is 642. The Hall–Kier alpha value is -1.10. The third-order valence-electron chi connectivity index (χ3n) is 3.15. The van der Waals surface area contributed by atoms with Crippen molar-refractivity contribution in [2.24, 2.45) is 0 Å². The zero-order valence-electron chi connectivity index (χ0n) is 10.5. The van der Waals surface area contributed by atoms with Crippen LogP contribution in [0.1, 0.15) is 12.8 Å². The summed E-state index contributed by atoms with van der Waals surface area (Å²) in [5, 5.41) is 1.26. The van der Waals surface area contributed by atoms with Crippen LogP contribution >= 0.6 is 34.8 Å². The lowest BCUT2D eigenvalue weighted by Gasteiger charge is -2.15. The zero-order valence-corrected chi connectivity index (χ0v) is 12.8. The molecule has 7 heteroatoms. The van der Waals surface area contributed by atoms with E-state index in [1.54, 1.807) is 18.2 Å². The van der Waals surface area contributed by atoms with E-state index in [1.165, 1.54) is 0 Å². The fourth-order valence-corrected chi connectivity index (χ4v) is 2.72. The molecule has 0 saturated carbocycles. The molecule has 1 saturated heterocycles.